The van der Waals surface area contributed by atoms with Crippen molar-refractivity contribution >= 4 is 55.1 Å². The van der Waals surface area contributed by atoms with E-state index in [0.717, 1.165) is 54.3 Å². The first-order valence-corrected chi connectivity index (χ1v) is 12.9. The monoisotopic (exact) mass is 599 g/mol. The van der Waals surface area contributed by atoms with Crippen molar-refractivity contribution in [2.45, 2.75) is 25.7 Å². The predicted octanol–water partition coefficient (Wildman–Crippen LogP) is 5.60. The second-order valence-electron chi connectivity index (χ2n) is 8.33. The molecule has 0 saturated carbocycles. The topological polar surface area (TPSA) is 152 Å². The van der Waals surface area contributed by atoms with Crippen LogP contribution >= 0.6 is 27.3 Å². The highest BCUT2D eigenvalue weighted by Crippen LogP contribution is 2.42. The molecule has 2 heterocycles. The van der Waals surface area contributed by atoms with E-state index in [9.17, 15) is 25.0 Å². The van der Waals surface area contributed by atoms with Crippen LogP contribution in [0.15, 0.2) is 51.0 Å². The molecule has 0 spiro atoms. The van der Waals surface area contributed by atoms with Gasteiger partial charge in [0.2, 0.25) is 5.75 Å². The molecule has 5 rings (SSSR count). The van der Waals surface area contributed by atoms with Crippen molar-refractivity contribution in [3.05, 3.63) is 87.7 Å². The molecule has 0 amide bonds. The number of fused-ring (bicyclic) bond motifs is 3. The number of methoxy groups -OCH3 is 1. The van der Waals surface area contributed by atoms with Gasteiger partial charge in [0.1, 0.15) is 11.2 Å². The van der Waals surface area contributed by atoms with E-state index in [0.29, 0.717) is 15.4 Å². The minimum atomic E-state index is -0.767. The lowest BCUT2D eigenvalue weighted by Crippen LogP contribution is -2.18. The lowest BCUT2D eigenvalue weighted by molar-refractivity contribution is -0.394. The maximum Gasteiger partial charge on any atom is 0.318 e. The van der Waals surface area contributed by atoms with Crippen LogP contribution in [-0.4, -0.2) is 32.8 Å². The number of nitro benzene ring substituents is 2. The summed E-state index contributed by atoms with van der Waals surface area (Å²) in [4.78, 5) is 40.5. The first-order chi connectivity index (χ1) is 18.3. The molecule has 0 saturated heterocycles. The molecule has 2 aromatic carbocycles. The van der Waals surface area contributed by atoms with Gasteiger partial charge in [-0.3, -0.25) is 25.0 Å². The highest BCUT2D eigenvalue weighted by molar-refractivity contribution is 9.10. The van der Waals surface area contributed by atoms with E-state index in [1.54, 1.807) is 23.5 Å². The van der Waals surface area contributed by atoms with Gasteiger partial charge in [0.25, 0.3) is 11.2 Å². The average molecular weight is 600 g/mol. The molecule has 1 aliphatic rings. The van der Waals surface area contributed by atoms with Gasteiger partial charge >= 0.3 is 5.69 Å². The molecule has 14 heteroatoms. The van der Waals surface area contributed by atoms with Crippen LogP contribution in [0, 0.1) is 20.2 Å². The highest BCUT2D eigenvalue weighted by atomic mass is 79.9. The van der Waals surface area contributed by atoms with Gasteiger partial charge in [0.05, 0.1) is 39.1 Å². The zero-order valence-electron chi connectivity index (χ0n) is 19.7. The Morgan fingerprint density at radius 2 is 1.92 bits per heavy atom. The number of aromatic nitrogens is 2. The Labute approximate surface area is 226 Å². The molecule has 1 aliphatic carbocycles. The summed E-state index contributed by atoms with van der Waals surface area (Å²) in [6, 6.07) is 6.28. The quantitative estimate of drug-likeness (QED) is 0.151. The molecule has 12 nitrogen and oxygen atoms in total. The molecule has 0 unspecified atom stereocenters. The van der Waals surface area contributed by atoms with Crippen molar-refractivity contribution in [1.29, 1.82) is 0 Å². The molecule has 0 bridgehead atoms. The van der Waals surface area contributed by atoms with E-state index >= 15 is 0 Å². The van der Waals surface area contributed by atoms with Crippen molar-refractivity contribution in [3.8, 4) is 17.2 Å². The zero-order chi connectivity index (χ0) is 27.0. The predicted molar refractivity (Wildman–Crippen MR) is 144 cm³/mol. The van der Waals surface area contributed by atoms with Gasteiger partial charge < -0.3 is 9.47 Å². The Balaban J connectivity index is 1.47. The van der Waals surface area contributed by atoms with E-state index in [4.69, 9.17) is 9.47 Å². The van der Waals surface area contributed by atoms with Crippen LogP contribution in [0.1, 0.15) is 28.8 Å². The van der Waals surface area contributed by atoms with Crippen LogP contribution in [0.5, 0.6) is 17.2 Å². The van der Waals surface area contributed by atoms with Gasteiger partial charge in [-0.25, -0.2) is 4.98 Å². The van der Waals surface area contributed by atoms with Gasteiger partial charge in [-0.05, 0) is 70.9 Å². The smallest absolute Gasteiger partial charge is 0.318 e. The number of ether oxygens (including phenoxy) is 2. The maximum atomic E-state index is 13.1. The summed E-state index contributed by atoms with van der Waals surface area (Å²) in [5.74, 6) is 0.124. The number of hydrogen-bond acceptors (Lipinski definition) is 10. The minimum Gasteiger partial charge on any atom is -0.493 e. The number of thiophene rings is 1. The van der Waals surface area contributed by atoms with Crippen molar-refractivity contribution in [2.24, 2.45) is 5.10 Å². The lowest BCUT2D eigenvalue weighted by Gasteiger charge is -2.13. The van der Waals surface area contributed by atoms with E-state index in [2.05, 4.69) is 26.0 Å². The summed E-state index contributed by atoms with van der Waals surface area (Å²) < 4.78 is 12.7. The van der Waals surface area contributed by atoms with Crippen LogP contribution in [0.3, 0.4) is 0 Å². The Morgan fingerprint density at radius 3 is 2.66 bits per heavy atom. The number of nitro groups is 2. The van der Waals surface area contributed by atoms with Gasteiger partial charge in [0.15, 0.2) is 11.5 Å². The average Bonchev–Trinajstić information content (AvgIpc) is 3.28. The number of hydrogen-bond donors (Lipinski definition) is 0. The molecule has 194 valence electrons. The van der Waals surface area contributed by atoms with E-state index < -0.39 is 21.2 Å². The fourth-order valence-corrected chi connectivity index (χ4v) is 5.98. The second-order valence-corrected chi connectivity index (χ2v) is 10.3. The van der Waals surface area contributed by atoms with Gasteiger partial charge in [0, 0.05) is 10.9 Å². The zero-order valence-corrected chi connectivity index (χ0v) is 22.2. The number of non-ortho nitro benzene ring substituents is 1. The first kappa shape index (κ1) is 25.5. The largest absolute Gasteiger partial charge is 0.493 e. The van der Waals surface area contributed by atoms with Crippen molar-refractivity contribution in [2.75, 3.05) is 7.11 Å². The van der Waals surface area contributed by atoms with Crippen molar-refractivity contribution < 1.29 is 19.3 Å². The normalized spacial score (nSPS) is 13.0. The molecule has 0 radical (unpaired) electrons. The summed E-state index contributed by atoms with van der Waals surface area (Å²) in [7, 11) is 1.39. The summed E-state index contributed by atoms with van der Waals surface area (Å²) in [6.45, 7) is 0. The van der Waals surface area contributed by atoms with Crippen molar-refractivity contribution in [3.63, 3.8) is 0 Å². The number of rotatable bonds is 7. The third-order valence-corrected chi connectivity index (χ3v) is 7.79. The first-order valence-electron chi connectivity index (χ1n) is 11.3. The van der Waals surface area contributed by atoms with Crippen LogP contribution in [0.2, 0.25) is 0 Å². The fourth-order valence-electron chi connectivity index (χ4n) is 4.22. The Bertz CT molecular complexity index is 1700. The molecule has 4 aromatic rings. The van der Waals surface area contributed by atoms with Crippen LogP contribution in [0.25, 0.3) is 10.2 Å². The highest BCUT2D eigenvalue weighted by Gasteiger charge is 2.24. The number of nitrogens with zero attached hydrogens (tertiary/aromatic N) is 5. The number of aryl methyl sites for hydroxylation is 2. The van der Waals surface area contributed by atoms with E-state index in [1.165, 1.54) is 29.2 Å². The van der Waals surface area contributed by atoms with E-state index in [-0.39, 0.29) is 22.8 Å². The lowest BCUT2D eigenvalue weighted by atomic mass is 9.97. The number of halogens is 1. The molecule has 0 N–H and O–H groups in total. The van der Waals surface area contributed by atoms with Crippen LogP contribution < -0.4 is 15.0 Å². The molecule has 0 fully saturated rings. The van der Waals surface area contributed by atoms with Crippen molar-refractivity contribution in [1.82, 2.24) is 9.66 Å². The SMILES string of the molecule is COc1cc(/C=N/n2cnc3sc4c(c3c2=O)CCCC4)cc(Br)c1Oc1ccc([N+](=O)[O-])cc1[N+](=O)[O-]. The maximum absolute atomic E-state index is 13.1. The van der Waals surface area contributed by atoms with E-state index in [1.807, 2.05) is 0 Å². The Morgan fingerprint density at radius 1 is 1.13 bits per heavy atom. The third kappa shape index (κ3) is 4.75. The Hall–Kier alpha value is -4.17. The minimum absolute atomic E-state index is 0.117. The molecule has 38 heavy (non-hydrogen) atoms. The van der Waals surface area contributed by atoms with Crippen LogP contribution in [0.4, 0.5) is 11.4 Å². The van der Waals surface area contributed by atoms with Crippen LogP contribution in [-0.2, 0) is 12.8 Å². The summed E-state index contributed by atoms with van der Waals surface area (Å²) >= 11 is 4.94. The Kier molecular flexibility index (Phi) is 6.91. The second kappa shape index (κ2) is 10.3. The van der Waals surface area contributed by atoms with Gasteiger partial charge in [-0.2, -0.15) is 9.78 Å². The summed E-state index contributed by atoms with van der Waals surface area (Å²) in [5.41, 5.74) is 0.370. The number of benzene rings is 2. The summed E-state index contributed by atoms with van der Waals surface area (Å²) in [5, 5.41) is 27.4. The third-order valence-electron chi connectivity index (χ3n) is 6.00. The van der Waals surface area contributed by atoms with Gasteiger partial charge in [-0.1, -0.05) is 0 Å². The fraction of sp³-hybridized carbons (Fsp3) is 0.208. The molecule has 0 aliphatic heterocycles. The summed E-state index contributed by atoms with van der Waals surface area (Å²) in [6.07, 6.45) is 6.82. The molecular weight excluding hydrogens is 582 g/mol. The molecule has 0 atom stereocenters. The molecular formula is C24H18BrN5O7S. The van der Waals surface area contributed by atoms with Gasteiger partial charge in [-0.15, -0.1) is 11.3 Å². The molecule has 2 aromatic heterocycles. The standard InChI is InChI=1S/C24H18BrN5O7S/c1-36-19-9-13(8-16(25)22(19)37-18-7-6-14(29(32)33)10-17(18)30(34)35)11-27-28-12-26-23-21(24(28)31)15-4-2-3-5-20(15)38-23/h6-12H,2-5H2,1H3/b27-11+.